The lowest BCUT2D eigenvalue weighted by molar-refractivity contribution is 0.281. The van der Waals surface area contributed by atoms with E-state index >= 15 is 0 Å². The summed E-state index contributed by atoms with van der Waals surface area (Å²) in [5, 5.41) is 0. The van der Waals surface area contributed by atoms with Gasteiger partial charge in [-0.1, -0.05) is 117 Å². The van der Waals surface area contributed by atoms with Gasteiger partial charge in [-0.25, -0.2) is 0 Å². The Morgan fingerprint density at radius 1 is 0.538 bits per heavy atom. The van der Waals surface area contributed by atoms with Gasteiger partial charge < -0.3 is 4.90 Å². The van der Waals surface area contributed by atoms with Crippen LogP contribution in [0.2, 0.25) is 0 Å². The molecule has 0 spiro atoms. The third-order valence-electron chi connectivity index (χ3n) is 6.48. The van der Waals surface area contributed by atoms with E-state index in [9.17, 15) is 0 Å². The lowest BCUT2D eigenvalue weighted by atomic mass is 9.91. The standard InChI is InChI=1S/C25H51N/c1-3-5-7-9-11-13-15-19-25(21-24-26-22-17-18-23-26)20-16-14-12-10-8-6-4-2/h25H,3-24H2,1-2H3. The molecule has 1 aliphatic heterocycles. The van der Waals surface area contributed by atoms with Gasteiger partial charge in [0, 0.05) is 0 Å². The quantitative estimate of drug-likeness (QED) is 0.208. The molecule has 0 unspecified atom stereocenters. The minimum atomic E-state index is 1.02. The van der Waals surface area contributed by atoms with Gasteiger partial charge in [0.1, 0.15) is 0 Å². The first-order valence-corrected chi connectivity index (χ1v) is 12.6. The third-order valence-corrected chi connectivity index (χ3v) is 6.48. The van der Waals surface area contributed by atoms with Crippen molar-refractivity contribution in [3.05, 3.63) is 0 Å². The molecule has 26 heavy (non-hydrogen) atoms. The smallest absolute Gasteiger partial charge is 0.00161 e. The maximum atomic E-state index is 2.72. The van der Waals surface area contributed by atoms with E-state index in [1.54, 1.807) is 0 Å². The Bertz CT molecular complexity index is 251. The van der Waals surface area contributed by atoms with Crippen LogP contribution in [0.25, 0.3) is 0 Å². The van der Waals surface area contributed by atoms with Gasteiger partial charge in [-0.05, 0) is 44.8 Å². The molecule has 0 atom stereocenters. The number of likely N-dealkylation sites (tertiary alicyclic amines) is 1. The van der Waals surface area contributed by atoms with E-state index in [0.717, 1.165) is 5.92 Å². The number of unbranched alkanes of at least 4 members (excludes halogenated alkanes) is 12. The molecule has 0 aromatic rings. The predicted molar refractivity (Wildman–Crippen MR) is 119 cm³/mol. The molecule has 0 N–H and O–H groups in total. The first kappa shape index (κ1) is 24.0. The molecule has 0 amide bonds. The SMILES string of the molecule is CCCCCCCCCC(CCCCCCCCC)CCN1CCCC1. The summed E-state index contributed by atoms with van der Waals surface area (Å²) in [5.41, 5.74) is 0. The van der Waals surface area contributed by atoms with Gasteiger partial charge >= 0.3 is 0 Å². The minimum absolute atomic E-state index is 1.02. The molecule has 0 aromatic carbocycles. The molecule has 1 heterocycles. The first-order chi connectivity index (χ1) is 12.9. The van der Waals surface area contributed by atoms with Crippen LogP contribution in [0.4, 0.5) is 0 Å². The minimum Gasteiger partial charge on any atom is -0.303 e. The predicted octanol–water partition coefficient (Wildman–Crippen LogP) is 8.37. The van der Waals surface area contributed by atoms with E-state index in [1.165, 1.54) is 142 Å². The van der Waals surface area contributed by atoms with Crippen LogP contribution in [-0.2, 0) is 0 Å². The Kier molecular flexibility index (Phi) is 16.9. The van der Waals surface area contributed by atoms with Crippen molar-refractivity contribution in [1.29, 1.82) is 0 Å². The summed E-state index contributed by atoms with van der Waals surface area (Å²) in [6.07, 6.45) is 27.8. The average Bonchev–Trinajstić information content (AvgIpc) is 3.17. The van der Waals surface area contributed by atoms with Crippen molar-refractivity contribution in [3.63, 3.8) is 0 Å². The second-order valence-corrected chi connectivity index (χ2v) is 9.02. The van der Waals surface area contributed by atoms with E-state index in [2.05, 4.69) is 18.7 Å². The van der Waals surface area contributed by atoms with Gasteiger partial charge in [0.15, 0.2) is 0 Å². The fourth-order valence-electron chi connectivity index (χ4n) is 4.58. The molecular weight excluding hydrogens is 314 g/mol. The van der Waals surface area contributed by atoms with Crippen LogP contribution < -0.4 is 0 Å². The molecule has 0 radical (unpaired) electrons. The van der Waals surface area contributed by atoms with Crippen molar-refractivity contribution in [1.82, 2.24) is 4.90 Å². The Labute approximate surface area is 166 Å². The van der Waals surface area contributed by atoms with Crippen molar-refractivity contribution >= 4 is 0 Å². The Balaban J connectivity index is 2.09. The van der Waals surface area contributed by atoms with Crippen LogP contribution in [0.15, 0.2) is 0 Å². The summed E-state index contributed by atoms with van der Waals surface area (Å²) in [6.45, 7) is 8.77. The highest BCUT2D eigenvalue weighted by molar-refractivity contribution is 4.69. The Hall–Kier alpha value is -0.0400. The second-order valence-electron chi connectivity index (χ2n) is 9.02. The summed E-state index contributed by atoms with van der Waals surface area (Å²) in [4.78, 5) is 2.72. The number of hydrogen-bond donors (Lipinski definition) is 0. The van der Waals surface area contributed by atoms with Gasteiger partial charge in [-0.15, -0.1) is 0 Å². The molecule has 1 nitrogen and oxygen atoms in total. The highest BCUT2D eigenvalue weighted by Gasteiger charge is 2.14. The molecule has 0 saturated carbocycles. The molecule has 1 rings (SSSR count). The van der Waals surface area contributed by atoms with E-state index in [1.807, 2.05) is 0 Å². The summed E-state index contributed by atoms with van der Waals surface area (Å²) in [6, 6.07) is 0. The number of nitrogens with zero attached hydrogens (tertiary/aromatic N) is 1. The maximum absolute atomic E-state index is 2.72. The monoisotopic (exact) mass is 365 g/mol. The van der Waals surface area contributed by atoms with Crippen LogP contribution in [0.3, 0.4) is 0 Å². The summed E-state index contributed by atoms with van der Waals surface area (Å²) in [5.74, 6) is 1.02. The average molecular weight is 366 g/mol. The van der Waals surface area contributed by atoms with Gasteiger partial charge in [0.05, 0.1) is 0 Å². The fourth-order valence-corrected chi connectivity index (χ4v) is 4.58. The maximum Gasteiger partial charge on any atom is -0.00161 e. The fraction of sp³-hybridized carbons (Fsp3) is 1.00. The van der Waals surface area contributed by atoms with Crippen LogP contribution in [-0.4, -0.2) is 24.5 Å². The molecule has 0 bridgehead atoms. The lowest BCUT2D eigenvalue weighted by Crippen LogP contribution is -2.22. The number of rotatable bonds is 19. The van der Waals surface area contributed by atoms with Crippen molar-refractivity contribution in [2.45, 2.75) is 136 Å². The summed E-state index contributed by atoms with van der Waals surface area (Å²) < 4.78 is 0. The zero-order chi connectivity index (χ0) is 18.7. The molecule has 1 saturated heterocycles. The van der Waals surface area contributed by atoms with Crippen molar-refractivity contribution in [2.75, 3.05) is 19.6 Å². The Morgan fingerprint density at radius 3 is 1.42 bits per heavy atom. The van der Waals surface area contributed by atoms with Crippen molar-refractivity contribution in [3.8, 4) is 0 Å². The van der Waals surface area contributed by atoms with Crippen LogP contribution in [0.5, 0.6) is 0 Å². The molecule has 1 aliphatic rings. The molecule has 1 fully saturated rings. The molecular formula is C25H51N. The third kappa shape index (κ3) is 14.1. The first-order valence-electron chi connectivity index (χ1n) is 12.6. The highest BCUT2D eigenvalue weighted by Crippen LogP contribution is 2.23. The highest BCUT2D eigenvalue weighted by atomic mass is 15.1. The van der Waals surface area contributed by atoms with Gasteiger partial charge in [-0.2, -0.15) is 0 Å². The zero-order valence-corrected chi connectivity index (χ0v) is 18.6. The zero-order valence-electron chi connectivity index (χ0n) is 18.6. The van der Waals surface area contributed by atoms with Gasteiger partial charge in [0.2, 0.25) is 0 Å². The largest absolute Gasteiger partial charge is 0.303 e. The molecule has 0 aliphatic carbocycles. The van der Waals surface area contributed by atoms with Gasteiger partial charge in [-0.3, -0.25) is 0 Å². The van der Waals surface area contributed by atoms with Crippen LogP contribution >= 0.6 is 0 Å². The lowest BCUT2D eigenvalue weighted by Gasteiger charge is -2.21. The van der Waals surface area contributed by atoms with E-state index < -0.39 is 0 Å². The topological polar surface area (TPSA) is 3.24 Å². The summed E-state index contributed by atoms with van der Waals surface area (Å²) >= 11 is 0. The number of hydrogen-bond acceptors (Lipinski definition) is 1. The molecule has 156 valence electrons. The van der Waals surface area contributed by atoms with Crippen LogP contribution in [0.1, 0.15) is 136 Å². The summed E-state index contributed by atoms with van der Waals surface area (Å²) in [7, 11) is 0. The molecule has 1 heteroatoms. The van der Waals surface area contributed by atoms with E-state index in [-0.39, 0.29) is 0 Å². The normalized spacial score (nSPS) is 15.3. The van der Waals surface area contributed by atoms with E-state index in [0.29, 0.717) is 0 Å². The molecule has 0 aromatic heterocycles. The van der Waals surface area contributed by atoms with Crippen LogP contribution in [0, 0.1) is 5.92 Å². The van der Waals surface area contributed by atoms with E-state index in [4.69, 9.17) is 0 Å². The second kappa shape index (κ2) is 18.3. The van der Waals surface area contributed by atoms with Gasteiger partial charge in [0.25, 0.3) is 0 Å². The van der Waals surface area contributed by atoms with Crippen molar-refractivity contribution in [2.24, 2.45) is 5.92 Å². The Morgan fingerprint density at radius 2 is 0.962 bits per heavy atom. The van der Waals surface area contributed by atoms with Crippen molar-refractivity contribution < 1.29 is 0 Å².